The predicted octanol–water partition coefficient (Wildman–Crippen LogP) is 0.981. The van der Waals surface area contributed by atoms with Gasteiger partial charge in [0.15, 0.2) is 0 Å². The number of nitrogens with two attached hydrogens (primary N) is 1. The molecule has 1 saturated heterocycles. The normalized spacial score (nSPS) is 26.1. The molecule has 1 aliphatic rings. The van der Waals surface area contributed by atoms with Crippen LogP contribution in [-0.4, -0.2) is 41.7 Å². The monoisotopic (exact) mass is 242 g/mol. The molecule has 1 amide bonds. The summed E-state index contributed by atoms with van der Waals surface area (Å²) < 4.78 is 0. The summed E-state index contributed by atoms with van der Waals surface area (Å²) in [7, 11) is 0. The number of aliphatic hydroxyl groups excluding tert-OH is 1. The number of piperidine rings is 1. The van der Waals surface area contributed by atoms with E-state index in [4.69, 9.17) is 5.73 Å². The number of nitrogens with zero attached hydrogens (tertiary/aromatic N) is 1. The SMILES string of the molecule is CCC(CC)(CN)C(=O)N1CCC(C)C(O)C1. The molecule has 0 aliphatic carbocycles. The number of amides is 1. The first-order chi connectivity index (χ1) is 8.00. The van der Waals surface area contributed by atoms with Gasteiger partial charge in [0.25, 0.3) is 0 Å². The van der Waals surface area contributed by atoms with Crippen LogP contribution >= 0.6 is 0 Å². The van der Waals surface area contributed by atoms with E-state index >= 15 is 0 Å². The third kappa shape index (κ3) is 2.80. The summed E-state index contributed by atoms with van der Waals surface area (Å²) >= 11 is 0. The van der Waals surface area contributed by atoms with Crippen molar-refractivity contribution in [1.29, 1.82) is 0 Å². The Bertz CT molecular complexity index is 256. The lowest BCUT2D eigenvalue weighted by molar-refractivity contribution is -0.146. The molecule has 2 unspecified atom stereocenters. The molecule has 0 aromatic heterocycles. The zero-order valence-corrected chi connectivity index (χ0v) is 11.3. The van der Waals surface area contributed by atoms with Crippen molar-refractivity contribution in [2.75, 3.05) is 19.6 Å². The predicted molar refractivity (Wildman–Crippen MR) is 68.4 cm³/mol. The summed E-state index contributed by atoms with van der Waals surface area (Å²) in [4.78, 5) is 14.3. The minimum absolute atomic E-state index is 0.121. The summed E-state index contributed by atoms with van der Waals surface area (Å²) in [5, 5.41) is 9.86. The first-order valence-corrected chi connectivity index (χ1v) is 6.68. The minimum atomic E-state index is -0.430. The summed E-state index contributed by atoms with van der Waals surface area (Å²) in [6, 6.07) is 0. The lowest BCUT2D eigenvalue weighted by Gasteiger charge is -2.40. The second kappa shape index (κ2) is 5.83. The van der Waals surface area contributed by atoms with Gasteiger partial charge in [-0.1, -0.05) is 20.8 Å². The van der Waals surface area contributed by atoms with Crippen molar-refractivity contribution in [2.45, 2.75) is 46.1 Å². The quantitative estimate of drug-likeness (QED) is 0.772. The molecule has 0 radical (unpaired) electrons. The van der Waals surface area contributed by atoms with E-state index in [9.17, 15) is 9.90 Å². The van der Waals surface area contributed by atoms with E-state index in [-0.39, 0.29) is 11.8 Å². The number of aliphatic hydroxyl groups is 1. The van der Waals surface area contributed by atoms with Gasteiger partial charge in [0.2, 0.25) is 5.91 Å². The topological polar surface area (TPSA) is 66.6 Å². The Balaban J connectivity index is 2.75. The summed E-state index contributed by atoms with van der Waals surface area (Å²) in [5.74, 6) is 0.408. The number of rotatable bonds is 4. The fourth-order valence-electron chi connectivity index (χ4n) is 2.50. The van der Waals surface area contributed by atoms with E-state index in [1.165, 1.54) is 0 Å². The third-order valence-corrected chi connectivity index (χ3v) is 4.40. The van der Waals surface area contributed by atoms with E-state index in [1.54, 1.807) is 4.90 Å². The maximum absolute atomic E-state index is 12.5. The molecule has 0 aromatic carbocycles. The van der Waals surface area contributed by atoms with Crippen LogP contribution in [0.5, 0.6) is 0 Å². The van der Waals surface area contributed by atoms with Crippen LogP contribution < -0.4 is 5.73 Å². The molecule has 3 N–H and O–H groups in total. The van der Waals surface area contributed by atoms with E-state index in [1.807, 2.05) is 20.8 Å². The van der Waals surface area contributed by atoms with Crippen LogP contribution in [0.3, 0.4) is 0 Å². The summed E-state index contributed by atoms with van der Waals surface area (Å²) in [6.45, 7) is 7.65. The molecule has 0 spiro atoms. The number of β-amino-alcohol motifs (C(OH)–C–C–N with tert-alkyl or cyclic N) is 1. The van der Waals surface area contributed by atoms with Crippen molar-refractivity contribution in [3.8, 4) is 0 Å². The van der Waals surface area contributed by atoms with Gasteiger partial charge in [-0.15, -0.1) is 0 Å². The molecule has 4 nitrogen and oxygen atoms in total. The maximum Gasteiger partial charge on any atom is 0.230 e. The van der Waals surface area contributed by atoms with Crippen LogP contribution in [-0.2, 0) is 4.79 Å². The highest BCUT2D eigenvalue weighted by atomic mass is 16.3. The van der Waals surface area contributed by atoms with Crippen LogP contribution in [0.1, 0.15) is 40.0 Å². The Labute approximate surface area is 104 Å². The van der Waals surface area contributed by atoms with Gasteiger partial charge in [-0.25, -0.2) is 0 Å². The Morgan fingerprint density at radius 2 is 2.06 bits per heavy atom. The molecule has 1 heterocycles. The lowest BCUT2D eigenvalue weighted by atomic mass is 9.80. The van der Waals surface area contributed by atoms with E-state index in [0.717, 1.165) is 25.8 Å². The average molecular weight is 242 g/mol. The van der Waals surface area contributed by atoms with Crippen molar-refractivity contribution in [3.05, 3.63) is 0 Å². The second-order valence-corrected chi connectivity index (χ2v) is 5.28. The fraction of sp³-hybridized carbons (Fsp3) is 0.923. The number of carbonyl (C=O) groups is 1. The second-order valence-electron chi connectivity index (χ2n) is 5.28. The fourth-order valence-corrected chi connectivity index (χ4v) is 2.50. The largest absolute Gasteiger partial charge is 0.391 e. The molecule has 1 fully saturated rings. The Morgan fingerprint density at radius 3 is 2.47 bits per heavy atom. The van der Waals surface area contributed by atoms with Gasteiger partial charge >= 0.3 is 0 Å². The smallest absolute Gasteiger partial charge is 0.230 e. The number of likely N-dealkylation sites (tertiary alicyclic amines) is 1. The highest BCUT2D eigenvalue weighted by Crippen LogP contribution is 2.30. The van der Waals surface area contributed by atoms with Gasteiger partial charge in [0.1, 0.15) is 0 Å². The Hall–Kier alpha value is -0.610. The number of hydrogen-bond acceptors (Lipinski definition) is 3. The summed E-state index contributed by atoms with van der Waals surface area (Å²) in [5.41, 5.74) is 5.36. The van der Waals surface area contributed by atoms with Crippen molar-refractivity contribution in [1.82, 2.24) is 4.90 Å². The van der Waals surface area contributed by atoms with Gasteiger partial charge < -0.3 is 15.7 Å². The van der Waals surface area contributed by atoms with Gasteiger partial charge in [-0.05, 0) is 25.2 Å². The number of hydrogen-bond donors (Lipinski definition) is 2. The third-order valence-electron chi connectivity index (χ3n) is 4.40. The van der Waals surface area contributed by atoms with Crippen molar-refractivity contribution < 1.29 is 9.90 Å². The average Bonchev–Trinajstić information content (AvgIpc) is 2.35. The highest BCUT2D eigenvalue weighted by molar-refractivity contribution is 5.83. The zero-order chi connectivity index (χ0) is 13.1. The van der Waals surface area contributed by atoms with Gasteiger partial charge in [-0.2, -0.15) is 0 Å². The lowest BCUT2D eigenvalue weighted by Crippen LogP contribution is -2.53. The van der Waals surface area contributed by atoms with Gasteiger partial charge in [-0.3, -0.25) is 4.79 Å². The molecule has 1 rings (SSSR count). The molecule has 0 bridgehead atoms. The van der Waals surface area contributed by atoms with Crippen molar-refractivity contribution >= 4 is 5.91 Å². The van der Waals surface area contributed by atoms with E-state index in [2.05, 4.69) is 0 Å². The molecular weight excluding hydrogens is 216 g/mol. The van der Waals surface area contributed by atoms with Crippen LogP contribution in [0.4, 0.5) is 0 Å². The van der Waals surface area contributed by atoms with Gasteiger partial charge in [0.05, 0.1) is 11.5 Å². The van der Waals surface area contributed by atoms with Crippen LogP contribution in [0, 0.1) is 11.3 Å². The highest BCUT2D eigenvalue weighted by Gasteiger charge is 2.39. The first kappa shape index (κ1) is 14.5. The van der Waals surface area contributed by atoms with Crippen LogP contribution in [0.15, 0.2) is 0 Å². The molecule has 2 atom stereocenters. The minimum Gasteiger partial charge on any atom is -0.391 e. The Kier molecular flexibility index (Phi) is 4.95. The molecular formula is C13H26N2O2. The molecule has 1 aliphatic heterocycles. The molecule has 0 aromatic rings. The molecule has 4 heteroatoms. The van der Waals surface area contributed by atoms with Crippen LogP contribution in [0.2, 0.25) is 0 Å². The first-order valence-electron chi connectivity index (χ1n) is 6.68. The molecule has 100 valence electrons. The maximum atomic E-state index is 12.5. The summed E-state index contributed by atoms with van der Waals surface area (Å²) in [6.07, 6.45) is 2.01. The number of carbonyl (C=O) groups excluding carboxylic acids is 1. The van der Waals surface area contributed by atoms with Crippen LogP contribution in [0.25, 0.3) is 0 Å². The van der Waals surface area contributed by atoms with Gasteiger partial charge in [0, 0.05) is 19.6 Å². The molecule has 0 saturated carbocycles. The molecule has 17 heavy (non-hydrogen) atoms. The van der Waals surface area contributed by atoms with E-state index < -0.39 is 11.5 Å². The van der Waals surface area contributed by atoms with Crippen molar-refractivity contribution in [2.24, 2.45) is 17.1 Å². The van der Waals surface area contributed by atoms with E-state index in [0.29, 0.717) is 13.1 Å². The Morgan fingerprint density at radius 1 is 1.47 bits per heavy atom. The van der Waals surface area contributed by atoms with Crippen molar-refractivity contribution in [3.63, 3.8) is 0 Å². The standard InChI is InChI=1S/C13H26N2O2/c1-4-13(5-2,9-14)12(17)15-7-6-10(3)11(16)8-15/h10-11,16H,4-9,14H2,1-3H3. The zero-order valence-electron chi connectivity index (χ0n) is 11.3.